The number of rotatable bonds is 4. The van der Waals surface area contributed by atoms with Crippen LogP contribution in [0.1, 0.15) is 29.7 Å². The van der Waals surface area contributed by atoms with E-state index in [9.17, 15) is 5.11 Å². The topological polar surface area (TPSA) is 46.0 Å². The van der Waals surface area contributed by atoms with Crippen molar-refractivity contribution in [3.05, 3.63) is 96.1 Å². The van der Waals surface area contributed by atoms with E-state index in [-0.39, 0.29) is 5.92 Å². The Morgan fingerprint density at radius 1 is 0.909 bits per heavy atom. The maximum Gasteiger partial charge on any atom is 0.101 e. The number of nitrogens with zero attached hydrogens (tertiary/aromatic N) is 2. The summed E-state index contributed by atoms with van der Waals surface area (Å²) in [5, 5.41) is 11.3. The fourth-order valence-electron chi connectivity index (χ4n) is 2.80. The molecule has 1 N–H and O–H groups in total. The maximum absolute atomic E-state index is 11.3. The lowest BCUT2D eigenvalue weighted by Crippen LogP contribution is -2.31. The summed E-state index contributed by atoms with van der Waals surface area (Å²) in [5.41, 5.74) is 1.52. The third kappa shape index (κ3) is 2.76. The molecule has 3 heteroatoms. The summed E-state index contributed by atoms with van der Waals surface area (Å²) >= 11 is 0. The minimum absolute atomic E-state index is 0.265. The molecule has 1 aromatic carbocycles. The van der Waals surface area contributed by atoms with Crippen molar-refractivity contribution in [2.24, 2.45) is 0 Å². The van der Waals surface area contributed by atoms with E-state index in [1.165, 1.54) is 0 Å². The number of benzene rings is 1. The van der Waals surface area contributed by atoms with Crippen LogP contribution in [0.25, 0.3) is 0 Å². The number of aromatic nitrogens is 2. The van der Waals surface area contributed by atoms with Crippen molar-refractivity contribution < 1.29 is 5.11 Å². The molecule has 2 atom stereocenters. The van der Waals surface area contributed by atoms with Crippen molar-refractivity contribution in [1.82, 2.24) is 9.97 Å². The fraction of sp³-hybridized carbons (Fsp3) is 0.158. The van der Waals surface area contributed by atoms with E-state index in [2.05, 4.69) is 9.97 Å². The lowest BCUT2D eigenvalue weighted by atomic mass is 9.77. The van der Waals surface area contributed by atoms with Gasteiger partial charge in [-0.1, -0.05) is 42.5 Å². The minimum Gasteiger partial charge on any atom is -0.384 e. The molecule has 0 aliphatic carbocycles. The number of hydrogen-bond donors (Lipinski definition) is 1. The third-order valence-corrected chi connectivity index (χ3v) is 3.92. The molecule has 3 rings (SSSR count). The van der Waals surface area contributed by atoms with Gasteiger partial charge in [0.25, 0.3) is 0 Å². The van der Waals surface area contributed by atoms with Crippen molar-refractivity contribution in [1.29, 1.82) is 0 Å². The Balaban J connectivity index is 2.14. The Bertz CT molecular complexity index is 673. The van der Waals surface area contributed by atoms with Crippen LogP contribution in [0.4, 0.5) is 0 Å². The molecule has 0 bridgehead atoms. The Hall–Kier alpha value is -2.52. The Labute approximate surface area is 130 Å². The first-order valence-electron chi connectivity index (χ1n) is 7.28. The first-order valence-corrected chi connectivity index (χ1v) is 7.28. The van der Waals surface area contributed by atoms with Crippen LogP contribution < -0.4 is 0 Å². The number of aliphatic hydroxyl groups is 1. The van der Waals surface area contributed by atoms with E-state index < -0.39 is 5.60 Å². The highest BCUT2D eigenvalue weighted by Crippen LogP contribution is 2.40. The van der Waals surface area contributed by atoms with Crippen molar-refractivity contribution in [3.63, 3.8) is 0 Å². The van der Waals surface area contributed by atoms with E-state index in [4.69, 9.17) is 0 Å². The molecule has 2 aromatic heterocycles. The van der Waals surface area contributed by atoms with E-state index in [1.807, 2.05) is 67.6 Å². The summed E-state index contributed by atoms with van der Waals surface area (Å²) in [7, 11) is 0. The average molecular weight is 290 g/mol. The molecule has 0 aliphatic heterocycles. The second-order valence-corrected chi connectivity index (χ2v) is 5.49. The van der Waals surface area contributed by atoms with Crippen LogP contribution in [0.2, 0.25) is 0 Å². The van der Waals surface area contributed by atoms with Crippen LogP contribution in [-0.2, 0) is 5.60 Å². The lowest BCUT2D eigenvalue weighted by Gasteiger charge is -2.33. The predicted octanol–water partition coefficient (Wildman–Crippen LogP) is 3.52. The smallest absolute Gasteiger partial charge is 0.101 e. The molecule has 0 spiro atoms. The van der Waals surface area contributed by atoms with Gasteiger partial charge in [-0.05, 0) is 30.7 Å². The first-order chi connectivity index (χ1) is 10.7. The average Bonchev–Trinajstić information content (AvgIpc) is 2.58. The highest BCUT2D eigenvalue weighted by atomic mass is 16.3. The van der Waals surface area contributed by atoms with Crippen LogP contribution >= 0.6 is 0 Å². The van der Waals surface area contributed by atoms with Crippen LogP contribution in [0.3, 0.4) is 0 Å². The van der Waals surface area contributed by atoms with Gasteiger partial charge in [-0.15, -0.1) is 0 Å². The molecule has 2 heterocycles. The monoisotopic (exact) mass is 290 g/mol. The molecule has 3 aromatic rings. The second-order valence-electron chi connectivity index (χ2n) is 5.49. The van der Waals surface area contributed by atoms with Crippen LogP contribution in [0, 0.1) is 0 Å². The molecule has 0 saturated heterocycles. The summed E-state index contributed by atoms with van der Waals surface area (Å²) in [5.74, 6) is -0.265. The van der Waals surface area contributed by atoms with Gasteiger partial charge < -0.3 is 5.11 Å². The van der Waals surface area contributed by atoms with Gasteiger partial charge in [0.1, 0.15) is 5.60 Å². The van der Waals surface area contributed by atoms with Gasteiger partial charge in [-0.3, -0.25) is 9.97 Å². The second kappa shape index (κ2) is 6.08. The largest absolute Gasteiger partial charge is 0.384 e. The fourth-order valence-corrected chi connectivity index (χ4v) is 2.80. The van der Waals surface area contributed by atoms with E-state index in [0.717, 1.165) is 16.8 Å². The normalized spacial score (nSPS) is 15.0. The molecule has 0 saturated carbocycles. The Kier molecular flexibility index (Phi) is 3.98. The molecular weight excluding hydrogens is 272 g/mol. The summed E-state index contributed by atoms with van der Waals surface area (Å²) in [6.07, 6.45) is 5.17. The highest BCUT2D eigenvalue weighted by molar-refractivity contribution is 5.36. The minimum atomic E-state index is -1.11. The van der Waals surface area contributed by atoms with Crippen LogP contribution in [-0.4, -0.2) is 15.1 Å². The summed E-state index contributed by atoms with van der Waals surface area (Å²) in [6.45, 7) is 1.82. The molecule has 0 aliphatic rings. The van der Waals surface area contributed by atoms with Gasteiger partial charge in [-0.2, -0.15) is 0 Å². The zero-order chi connectivity index (χ0) is 15.4. The van der Waals surface area contributed by atoms with Crippen LogP contribution in [0.15, 0.2) is 79.3 Å². The van der Waals surface area contributed by atoms with Gasteiger partial charge in [-0.25, -0.2) is 0 Å². The van der Waals surface area contributed by atoms with Gasteiger partial charge in [0.15, 0.2) is 0 Å². The van der Waals surface area contributed by atoms with Crippen molar-refractivity contribution in [2.75, 3.05) is 0 Å². The third-order valence-electron chi connectivity index (χ3n) is 3.92. The SMILES string of the molecule is C[C@@](O)(c1cccnc1)[C@H](c1ccccc1)c1ccccn1. The van der Waals surface area contributed by atoms with Gasteiger partial charge in [0.2, 0.25) is 0 Å². The summed E-state index contributed by atoms with van der Waals surface area (Å²) in [4.78, 5) is 8.61. The molecular formula is C19H18N2O. The quantitative estimate of drug-likeness (QED) is 0.799. The molecule has 0 radical (unpaired) electrons. The van der Waals surface area contributed by atoms with Gasteiger partial charge in [0, 0.05) is 24.2 Å². The molecule has 0 fully saturated rings. The summed E-state index contributed by atoms with van der Waals surface area (Å²) < 4.78 is 0. The molecule has 22 heavy (non-hydrogen) atoms. The molecule has 0 amide bonds. The van der Waals surface area contributed by atoms with E-state index in [0.29, 0.717) is 0 Å². The molecule has 0 unspecified atom stereocenters. The van der Waals surface area contributed by atoms with Gasteiger partial charge >= 0.3 is 0 Å². The van der Waals surface area contributed by atoms with Gasteiger partial charge in [0.05, 0.1) is 11.6 Å². The van der Waals surface area contributed by atoms with E-state index in [1.54, 1.807) is 18.6 Å². The standard InChI is InChI=1S/C19H18N2O/c1-19(22,16-10-7-12-20-14-16)18(15-8-3-2-4-9-15)17-11-5-6-13-21-17/h2-14,18,22H,1H3/t18-,19-/m1/s1. The molecule has 110 valence electrons. The predicted molar refractivity (Wildman–Crippen MR) is 86.3 cm³/mol. The highest BCUT2D eigenvalue weighted by Gasteiger charge is 2.37. The number of pyridine rings is 2. The maximum atomic E-state index is 11.3. The van der Waals surface area contributed by atoms with Crippen molar-refractivity contribution in [3.8, 4) is 0 Å². The lowest BCUT2D eigenvalue weighted by molar-refractivity contribution is 0.0377. The van der Waals surface area contributed by atoms with Crippen LogP contribution in [0.5, 0.6) is 0 Å². The zero-order valence-corrected chi connectivity index (χ0v) is 12.4. The van der Waals surface area contributed by atoms with Crippen molar-refractivity contribution in [2.45, 2.75) is 18.4 Å². The number of hydrogen-bond acceptors (Lipinski definition) is 3. The van der Waals surface area contributed by atoms with Crippen molar-refractivity contribution >= 4 is 0 Å². The zero-order valence-electron chi connectivity index (χ0n) is 12.4. The Morgan fingerprint density at radius 2 is 1.68 bits per heavy atom. The molecule has 3 nitrogen and oxygen atoms in total. The van der Waals surface area contributed by atoms with E-state index >= 15 is 0 Å². The Morgan fingerprint density at radius 3 is 2.32 bits per heavy atom. The first kappa shape index (κ1) is 14.4. The summed E-state index contributed by atoms with van der Waals surface area (Å²) in [6, 6.07) is 19.5.